The zero-order valence-electron chi connectivity index (χ0n) is 13.6. The summed E-state index contributed by atoms with van der Waals surface area (Å²) in [6, 6.07) is 11.0. The van der Waals surface area contributed by atoms with Gasteiger partial charge in [-0.3, -0.25) is 9.69 Å². The number of carbonyl (C=O) groups excluding carboxylic acids is 1. The lowest BCUT2D eigenvalue weighted by Gasteiger charge is -2.35. The Bertz CT molecular complexity index is 477. The van der Waals surface area contributed by atoms with Crippen molar-refractivity contribution in [3.8, 4) is 0 Å². The molecule has 120 valence electrons. The third kappa shape index (κ3) is 3.89. The van der Waals surface area contributed by atoms with E-state index in [1.54, 1.807) is 0 Å². The normalized spacial score (nSPS) is 22.0. The van der Waals surface area contributed by atoms with Gasteiger partial charge >= 0.3 is 0 Å². The Morgan fingerprint density at radius 1 is 1.18 bits per heavy atom. The van der Waals surface area contributed by atoms with Crippen molar-refractivity contribution in [3.05, 3.63) is 35.9 Å². The van der Waals surface area contributed by atoms with Crippen molar-refractivity contribution in [2.45, 2.75) is 45.1 Å². The zero-order chi connectivity index (χ0) is 15.4. The van der Waals surface area contributed by atoms with Gasteiger partial charge in [0, 0.05) is 12.5 Å². The van der Waals surface area contributed by atoms with E-state index in [0.29, 0.717) is 12.0 Å². The molecule has 2 atom stereocenters. The van der Waals surface area contributed by atoms with Crippen LogP contribution in [0.3, 0.4) is 0 Å². The molecule has 0 spiro atoms. The Hall–Kier alpha value is -1.35. The van der Waals surface area contributed by atoms with Gasteiger partial charge < -0.3 is 5.32 Å². The number of amides is 1. The van der Waals surface area contributed by atoms with Crippen LogP contribution in [-0.4, -0.2) is 30.4 Å². The fourth-order valence-corrected chi connectivity index (χ4v) is 3.53. The first kappa shape index (κ1) is 15.5. The van der Waals surface area contributed by atoms with E-state index in [4.69, 9.17) is 0 Å². The van der Waals surface area contributed by atoms with E-state index >= 15 is 0 Å². The van der Waals surface area contributed by atoms with E-state index in [0.717, 1.165) is 19.6 Å². The molecule has 2 fully saturated rings. The maximum absolute atomic E-state index is 12.3. The predicted molar refractivity (Wildman–Crippen MR) is 89.5 cm³/mol. The maximum Gasteiger partial charge on any atom is 0.223 e. The summed E-state index contributed by atoms with van der Waals surface area (Å²) in [6.45, 7) is 5.10. The van der Waals surface area contributed by atoms with Gasteiger partial charge in [0.25, 0.3) is 0 Å². The fourth-order valence-electron chi connectivity index (χ4n) is 3.53. The van der Waals surface area contributed by atoms with Gasteiger partial charge in [-0.25, -0.2) is 0 Å². The zero-order valence-corrected chi connectivity index (χ0v) is 13.6. The molecule has 1 aromatic rings. The molecule has 0 bridgehead atoms. The molecule has 1 aliphatic heterocycles. The van der Waals surface area contributed by atoms with Crippen molar-refractivity contribution in [1.29, 1.82) is 0 Å². The SMILES string of the molecule is CC(C(=O)NCC(c1ccccc1)N1CCCCC1)C1CC1. The van der Waals surface area contributed by atoms with Crippen LogP contribution in [-0.2, 0) is 4.79 Å². The highest BCUT2D eigenvalue weighted by atomic mass is 16.1. The largest absolute Gasteiger partial charge is 0.354 e. The molecule has 1 aromatic carbocycles. The minimum Gasteiger partial charge on any atom is -0.354 e. The van der Waals surface area contributed by atoms with E-state index in [1.165, 1.54) is 37.7 Å². The van der Waals surface area contributed by atoms with Gasteiger partial charge in [0.1, 0.15) is 0 Å². The third-order valence-electron chi connectivity index (χ3n) is 5.23. The van der Waals surface area contributed by atoms with Gasteiger partial charge in [-0.1, -0.05) is 43.7 Å². The second kappa shape index (κ2) is 7.28. The van der Waals surface area contributed by atoms with Crippen LogP contribution in [0, 0.1) is 11.8 Å². The third-order valence-corrected chi connectivity index (χ3v) is 5.23. The van der Waals surface area contributed by atoms with E-state index in [-0.39, 0.29) is 11.8 Å². The van der Waals surface area contributed by atoms with Crippen LogP contribution in [0.2, 0.25) is 0 Å². The predicted octanol–water partition coefficient (Wildman–Crippen LogP) is 3.38. The molecule has 1 N–H and O–H groups in total. The van der Waals surface area contributed by atoms with Crippen LogP contribution in [0.15, 0.2) is 30.3 Å². The molecule has 0 aromatic heterocycles. The van der Waals surface area contributed by atoms with Gasteiger partial charge in [-0.15, -0.1) is 0 Å². The summed E-state index contributed by atoms with van der Waals surface area (Å²) in [7, 11) is 0. The van der Waals surface area contributed by atoms with Gasteiger partial charge in [-0.2, -0.15) is 0 Å². The number of hydrogen-bond donors (Lipinski definition) is 1. The van der Waals surface area contributed by atoms with Crippen molar-refractivity contribution < 1.29 is 4.79 Å². The molecule has 1 saturated carbocycles. The minimum atomic E-state index is 0.178. The molecule has 2 aliphatic rings. The van der Waals surface area contributed by atoms with Crippen LogP contribution < -0.4 is 5.32 Å². The average molecular weight is 300 g/mol. The maximum atomic E-state index is 12.3. The van der Waals surface area contributed by atoms with Crippen molar-refractivity contribution in [2.75, 3.05) is 19.6 Å². The minimum absolute atomic E-state index is 0.178. The van der Waals surface area contributed by atoms with Gasteiger partial charge in [0.2, 0.25) is 5.91 Å². The van der Waals surface area contributed by atoms with Crippen LogP contribution in [0.4, 0.5) is 0 Å². The molecular weight excluding hydrogens is 272 g/mol. The van der Waals surface area contributed by atoms with Gasteiger partial charge in [-0.05, 0) is 50.3 Å². The lowest BCUT2D eigenvalue weighted by Crippen LogP contribution is -2.42. The van der Waals surface area contributed by atoms with Crippen LogP contribution in [0.25, 0.3) is 0 Å². The first-order chi connectivity index (χ1) is 10.8. The standard InChI is InChI=1S/C19H28N2O/c1-15(16-10-11-16)19(22)20-14-18(17-8-4-2-5-9-17)21-12-6-3-7-13-21/h2,4-5,8-9,15-16,18H,3,6-7,10-14H2,1H3,(H,20,22). The Balaban J connectivity index is 1.64. The lowest BCUT2D eigenvalue weighted by atomic mass is 10.0. The fraction of sp³-hybridized carbons (Fsp3) is 0.632. The van der Waals surface area contributed by atoms with Crippen molar-refractivity contribution in [3.63, 3.8) is 0 Å². The Morgan fingerprint density at radius 2 is 1.86 bits per heavy atom. The molecule has 1 saturated heterocycles. The van der Waals surface area contributed by atoms with Crippen LogP contribution >= 0.6 is 0 Å². The molecule has 22 heavy (non-hydrogen) atoms. The van der Waals surface area contributed by atoms with Crippen LogP contribution in [0.5, 0.6) is 0 Å². The summed E-state index contributed by atoms with van der Waals surface area (Å²) in [5.41, 5.74) is 1.32. The number of hydrogen-bond acceptors (Lipinski definition) is 2. The molecule has 2 unspecified atom stereocenters. The molecule has 1 aliphatic carbocycles. The van der Waals surface area contributed by atoms with E-state index < -0.39 is 0 Å². The Kier molecular flexibility index (Phi) is 5.14. The molecule has 3 heteroatoms. The highest BCUT2D eigenvalue weighted by molar-refractivity contribution is 5.78. The highest BCUT2D eigenvalue weighted by Crippen LogP contribution is 2.36. The summed E-state index contributed by atoms with van der Waals surface area (Å²) in [4.78, 5) is 14.9. The monoisotopic (exact) mass is 300 g/mol. The Labute approximate surface area is 134 Å². The van der Waals surface area contributed by atoms with Crippen LogP contribution in [0.1, 0.15) is 50.6 Å². The van der Waals surface area contributed by atoms with Gasteiger partial charge in [0.05, 0.1) is 6.04 Å². The summed E-state index contributed by atoms with van der Waals surface area (Å²) < 4.78 is 0. The number of carbonyl (C=O) groups is 1. The number of nitrogens with zero attached hydrogens (tertiary/aromatic N) is 1. The summed E-state index contributed by atoms with van der Waals surface area (Å²) in [6.07, 6.45) is 6.33. The quantitative estimate of drug-likeness (QED) is 0.873. The van der Waals surface area contributed by atoms with E-state index in [1.807, 2.05) is 0 Å². The number of nitrogens with one attached hydrogen (secondary N) is 1. The first-order valence-electron chi connectivity index (χ1n) is 8.82. The van der Waals surface area contributed by atoms with Crippen molar-refractivity contribution in [1.82, 2.24) is 10.2 Å². The number of likely N-dealkylation sites (tertiary alicyclic amines) is 1. The summed E-state index contributed by atoms with van der Waals surface area (Å²) in [5.74, 6) is 1.04. The first-order valence-corrected chi connectivity index (χ1v) is 8.82. The topological polar surface area (TPSA) is 32.3 Å². The molecular formula is C19H28N2O. The summed E-state index contributed by atoms with van der Waals surface area (Å²) in [5, 5.41) is 3.22. The van der Waals surface area contributed by atoms with E-state index in [9.17, 15) is 4.79 Å². The molecule has 1 heterocycles. The number of benzene rings is 1. The smallest absolute Gasteiger partial charge is 0.223 e. The summed E-state index contributed by atoms with van der Waals surface area (Å²) >= 11 is 0. The molecule has 0 radical (unpaired) electrons. The second-order valence-electron chi connectivity index (χ2n) is 6.89. The Morgan fingerprint density at radius 3 is 2.50 bits per heavy atom. The molecule has 1 amide bonds. The number of rotatable bonds is 6. The lowest BCUT2D eigenvalue weighted by molar-refractivity contribution is -0.125. The van der Waals surface area contributed by atoms with E-state index in [2.05, 4.69) is 47.5 Å². The van der Waals surface area contributed by atoms with Crippen molar-refractivity contribution >= 4 is 5.91 Å². The second-order valence-corrected chi connectivity index (χ2v) is 6.89. The van der Waals surface area contributed by atoms with Crippen molar-refractivity contribution in [2.24, 2.45) is 11.8 Å². The average Bonchev–Trinajstić information content (AvgIpc) is 3.41. The number of piperidine rings is 1. The molecule has 3 rings (SSSR count). The van der Waals surface area contributed by atoms with Gasteiger partial charge in [0.15, 0.2) is 0 Å². The highest BCUT2D eigenvalue weighted by Gasteiger charge is 2.33. The molecule has 3 nitrogen and oxygen atoms in total.